The van der Waals surface area contributed by atoms with Crippen LogP contribution in [0.3, 0.4) is 0 Å². The molecule has 1 N–H and O–H groups in total. The highest BCUT2D eigenvalue weighted by atomic mass is 19.1. The molecule has 0 aliphatic heterocycles. The lowest BCUT2D eigenvalue weighted by atomic mass is 10.2. The third-order valence-electron chi connectivity index (χ3n) is 1.69. The highest BCUT2D eigenvalue weighted by Gasteiger charge is 2.14. The molecule has 0 fully saturated rings. The van der Waals surface area contributed by atoms with Crippen molar-refractivity contribution in [1.82, 2.24) is 9.88 Å². The van der Waals surface area contributed by atoms with Crippen molar-refractivity contribution in [2.75, 3.05) is 13.6 Å². The summed E-state index contributed by atoms with van der Waals surface area (Å²) in [5, 5.41) is 8.45. The van der Waals surface area contributed by atoms with Crippen LogP contribution in [0.25, 0.3) is 0 Å². The van der Waals surface area contributed by atoms with E-state index in [1.54, 1.807) is 0 Å². The second-order valence-electron chi connectivity index (χ2n) is 2.92. The molecular formula is C9H9FN2O3. The molecule has 0 unspecified atom stereocenters. The summed E-state index contributed by atoms with van der Waals surface area (Å²) in [5.74, 6) is -2.45. The number of hydrogen-bond donors (Lipinski definition) is 1. The molecule has 1 heterocycles. The van der Waals surface area contributed by atoms with E-state index in [9.17, 15) is 14.0 Å². The molecule has 0 aromatic carbocycles. The number of nitrogens with zero attached hydrogens (tertiary/aromatic N) is 2. The van der Waals surface area contributed by atoms with E-state index in [2.05, 4.69) is 4.98 Å². The molecule has 0 saturated heterocycles. The van der Waals surface area contributed by atoms with Gasteiger partial charge in [0.15, 0.2) is 0 Å². The maximum absolute atomic E-state index is 12.7. The fourth-order valence-electron chi connectivity index (χ4n) is 1.03. The number of halogens is 1. The van der Waals surface area contributed by atoms with Gasteiger partial charge in [-0.3, -0.25) is 9.59 Å². The highest BCUT2D eigenvalue weighted by molar-refractivity contribution is 5.95. The molecule has 0 radical (unpaired) electrons. The monoisotopic (exact) mass is 212 g/mol. The van der Waals surface area contributed by atoms with Crippen LogP contribution in [-0.4, -0.2) is 40.5 Å². The van der Waals surface area contributed by atoms with E-state index in [4.69, 9.17) is 5.11 Å². The zero-order valence-corrected chi connectivity index (χ0v) is 7.98. The van der Waals surface area contributed by atoms with Crippen molar-refractivity contribution < 1.29 is 19.1 Å². The van der Waals surface area contributed by atoms with E-state index >= 15 is 0 Å². The van der Waals surface area contributed by atoms with Gasteiger partial charge in [0.2, 0.25) is 5.95 Å². The molecule has 0 bridgehead atoms. The fraction of sp³-hybridized carbons (Fsp3) is 0.222. The minimum absolute atomic E-state index is 0.0752. The minimum Gasteiger partial charge on any atom is -0.480 e. The lowest BCUT2D eigenvalue weighted by Crippen LogP contribution is -2.31. The summed E-state index contributed by atoms with van der Waals surface area (Å²) in [6, 6.07) is 2.28. The van der Waals surface area contributed by atoms with Crippen molar-refractivity contribution in [2.24, 2.45) is 0 Å². The Kier molecular flexibility index (Phi) is 3.33. The average molecular weight is 212 g/mol. The van der Waals surface area contributed by atoms with Gasteiger partial charge in [-0.1, -0.05) is 0 Å². The molecule has 1 aromatic rings. The van der Waals surface area contributed by atoms with Crippen LogP contribution in [0.2, 0.25) is 0 Å². The van der Waals surface area contributed by atoms with Gasteiger partial charge < -0.3 is 10.0 Å². The Labute approximate surface area is 85.2 Å². The van der Waals surface area contributed by atoms with Gasteiger partial charge in [0.05, 0.1) is 0 Å². The zero-order valence-electron chi connectivity index (χ0n) is 7.98. The first-order chi connectivity index (χ1) is 7.00. The molecule has 1 rings (SSSR count). The van der Waals surface area contributed by atoms with Crippen LogP contribution >= 0.6 is 0 Å². The Morgan fingerprint density at radius 2 is 2.27 bits per heavy atom. The number of likely N-dealkylation sites (N-methyl/N-ethyl adjacent to an activating group) is 1. The van der Waals surface area contributed by atoms with E-state index in [-0.39, 0.29) is 5.56 Å². The smallest absolute Gasteiger partial charge is 0.323 e. The number of carbonyl (C=O) groups excluding carboxylic acids is 1. The molecule has 0 spiro atoms. The van der Waals surface area contributed by atoms with Crippen LogP contribution < -0.4 is 0 Å². The third-order valence-corrected chi connectivity index (χ3v) is 1.69. The Bertz CT molecular complexity index is 395. The van der Waals surface area contributed by atoms with Gasteiger partial charge in [-0.2, -0.15) is 4.39 Å². The zero-order chi connectivity index (χ0) is 11.4. The second kappa shape index (κ2) is 4.50. The molecule has 80 valence electrons. The van der Waals surface area contributed by atoms with Crippen LogP contribution in [0.15, 0.2) is 18.3 Å². The predicted molar refractivity (Wildman–Crippen MR) is 48.8 cm³/mol. The molecule has 15 heavy (non-hydrogen) atoms. The van der Waals surface area contributed by atoms with Crippen molar-refractivity contribution in [1.29, 1.82) is 0 Å². The number of carboxylic acids is 1. The van der Waals surface area contributed by atoms with Crippen LogP contribution in [0, 0.1) is 5.95 Å². The molecule has 0 atom stereocenters. The van der Waals surface area contributed by atoms with Crippen LogP contribution in [0.1, 0.15) is 10.4 Å². The van der Waals surface area contributed by atoms with Crippen molar-refractivity contribution in [3.63, 3.8) is 0 Å². The lowest BCUT2D eigenvalue weighted by Gasteiger charge is -2.13. The third kappa shape index (κ3) is 3.01. The molecule has 5 nitrogen and oxygen atoms in total. The Morgan fingerprint density at radius 3 is 2.80 bits per heavy atom. The van der Waals surface area contributed by atoms with E-state index in [0.717, 1.165) is 17.2 Å². The number of amides is 1. The number of aromatic nitrogens is 1. The summed E-state index contributed by atoms with van der Waals surface area (Å²) in [7, 11) is 1.33. The number of carboxylic acid groups (broad SMARTS) is 1. The Hall–Kier alpha value is -1.98. The normalized spacial score (nSPS) is 9.73. The number of rotatable bonds is 3. The summed E-state index contributed by atoms with van der Waals surface area (Å²) in [4.78, 5) is 26.1. The molecule has 6 heteroatoms. The molecule has 0 aliphatic carbocycles. The average Bonchev–Trinajstić information content (AvgIpc) is 2.15. The quantitative estimate of drug-likeness (QED) is 0.735. The van der Waals surface area contributed by atoms with Crippen LogP contribution in [-0.2, 0) is 4.79 Å². The highest BCUT2D eigenvalue weighted by Crippen LogP contribution is 2.03. The fourth-order valence-corrected chi connectivity index (χ4v) is 1.03. The van der Waals surface area contributed by atoms with Crippen molar-refractivity contribution in [2.45, 2.75) is 0 Å². The largest absolute Gasteiger partial charge is 0.480 e. The molecule has 0 aliphatic rings. The van der Waals surface area contributed by atoms with E-state index in [1.165, 1.54) is 13.1 Å². The minimum atomic E-state index is -1.12. The van der Waals surface area contributed by atoms with Gasteiger partial charge in [-0.25, -0.2) is 4.98 Å². The summed E-state index contributed by atoms with van der Waals surface area (Å²) in [6.45, 7) is -0.428. The summed E-state index contributed by atoms with van der Waals surface area (Å²) < 4.78 is 12.7. The molecule has 1 amide bonds. The van der Waals surface area contributed by atoms with Crippen LogP contribution in [0.4, 0.5) is 4.39 Å². The molecule has 1 aromatic heterocycles. The van der Waals surface area contributed by atoms with E-state index in [1.807, 2.05) is 0 Å². The lowest BCUT2D eigenvalue weighted by molar-refractivity contribution is -0.137. The first-order valence-corrected chi connectivity index (χ1v) is 4.09. The van der Waals surface area contributed by atoms with Crippen molar-refractivity contribution >= 4 is 11.9 Å². The number of pyridine rings is 1. The summed E-state index contributed by atoms with van der Waals surface area (Å²) in [5.41, 5.74) is 0.0752. The van der Waals surface area contributed by atoms with E-state index in [0.29, 0.717) is 0 Å². The van der Waals surface area contributed by atoms with Crippen LogP contribution in [0.5, 0.6) is 0 Å². The SMILES string of the molecule is CN(CC(=O)O)C(=O)c1ccnc(F)c1. The molecular weight excluding hydrogens is 203 g/mol. The number of carbonyl (C=O) groups is 2. The summed E-state index contributed by atoms with van der Waals surface area (Å²) >= 11 is 0. The topological polar surface area (TPSA) is 70.5 Å². The Morgan fingerprint density at radius 1 is 1.60 bits per heavy atom. The van der Waals surface area contributed by atoms with Gasteiger partial charge in [-0.15, -0.1) is 0 Å². The van der Waals surface area contributed by atoms with Crippen molar-refractivity contribution in [3.05, 3.63) is 29.8 Å². The number of aliphatic carboxylic acids is 1. The van der Waals surface area contributed by atoms with Gasteiger partial charge in [0.25, 0.3) is 5.91 Å². The van der Waals surface area contributed by atoms with Gasteiger partial charge in [0.1, 0.15) is 6.54 Å². The maximum Gasteiger partial charge on any atom is 0.323 e. The Balaban J connectivity index is 2.80. The van der Waals surface area contributed by atoms with Crippen molar-refractivity contribution in [3.8, 4) is 0 Å². The maximum atomic E-state index is 12.7. The first-order valence-electron chi connectivity index (χ1n) is 4.09. The van der Waals surface area contributed by atoms with E-state index < -0.39 is 24.4 Å². The predicted octanol–water partition coefficient (Wildman–Crippen LogP) is 0.377. The summed E-state index contributed by atoms with van der Waals surface area (Å²) in [6.07, 6.45) is 1.15. The second-order valence-corrected chi connectivity index (χ2v) is 2.92. The number of hydrogen-bond acceptors (Lipinski definition) is 3. The van der Waals surface area contributed by atoms with Gasteiger partial charge in [-0.05, 0) is 6.07 Å². The molecule has 0 saturated carbocycles. The standard InChI is InChI=1S/C9H9FN2O3/c1-12(5-8(13)14)9(15)6-2-3-11-7(10)4-6/h2-4H,5H2,1H3,(H,13,14). The first kappa shape index (κ1) is 11.1. The van der Waals surface area contributed by atoms with Gasteiger partial charge in [0, 0.05) is 24.9 Å². The van der Waals surface area contributed by atoms with Gasteiger partial charge >= 0.3 is 5.97 Å².